The van der Waals surface area contributed by atoms with Gasteiger partial charge in [-0.3, -0.25) is 4.39 Å². The molecule has 2 unspecified atom stereocenters. The van der Waals surface area contributed by atoms with E-state index >= 15 is 0 Å². The second kappa shape index (κ2) is 11.8. The van der Waals surface area contributed by atoms with Crippen molar-refractivity contribution in [1.29, 1.82) is 0 Å². The Morgan fingerprint density at radius 2 is 1.69 bits per heavy atom. The van der Waals surface area contributed by atoms with Crippen LogP contribution in [0.15, 0.2) is 66.7 Å². The minimum Gasteiger partial charge on any atom is -0.302 e. The number of rotatable bonds is 9. The van der Waals surface area contributed by atoms with E-state index in [1.807, 2.05) is 12.1 Å². The number of aryl methyl sites for hydroxylation is 1. The number of allylic oxidation sites excluding steroid dienone is 2. The fraction of sp³-hybridized carbons (Fsp3) is 0.355. The van der Waals surface area contributed by atoms with Crippen LogP contribution in [-0.2, 0) is 19.0 Å². The Hall–Kier alpha value is -1.62. The van der Waals surface area contributed by atoms with Gasteiger partial charge in [-0.15, -0.1) is 0 Å². The lowest BCUT2D eigenvalue weighted by Gasteiger charge is -2.37. The van der Waals surface area contributed by atoms with E-state index in [4.69, 9.17) is 0 Å². The maximum absolute atomic E-state index is 13.8. The van der Waals surface area contributed by atoms with Crippen molar-refractivity contribution < 1.29 is 8.78 Å². The van der Waals surface area contributed by atoms with Crippen molar-refractivity contribution in [1.82, 2.24) is 4.90 Å². The predicted octanol–water partition coefficient (Wildman–Crippen LogP) is 8.46. The number of likely N-dealkylation sites (tertiary alicyclic amines) is 1. The first-order valence-electron chi connectivity index (χ1n) is 12.8. The van der Waals surface area contributed by atoms with Gasteiger partial charge < -0.3 is 4.90 Å². The maximum atomic E-state index is 13.8. The fourth-order valence-corrected chi connectivity index (χ4v) is 7.47. The van der Waals surface area contributed by atoms with Gasteiger partial charge in [-0.1, -0.05) is 82.9 Å². The third-order valence-electron chi connectivity index (χ3n) is 7.75. The van der Waals surface area contributed by atoms with E-state index in [1.54, 1.807) is 12.1 Å². The van der Waals surface area contributed by atoms with Crippen molar-refractivity contribution in [2.75, 3.05) is 26.3 Å². The fourth-order valence-electron chi connectivity index (χ4n) is 5.78. The molecule has 2 atom stereocenters. The molecule has 0 saturated carbocycles. The first kappa shape index (κ1) is 26.0. The van der Waals surface area contributed by atoms with Crippen LogP contribution in [0, 0.1) is 11.7 Å². The molecule has 0 N–H and O–H groups in total. The third-order valence-corrected chi connectivity index (χ3v) is 9.44. The molecule has 3 aromatic rings. The summed E-state index contributed by atoms with van der Waals surface area (Å²) < 4.78 is 26.4. The lowest BCUT2D eigenvalue weighted by Crippen LogP contribution is -2.47. The van der Waals surface area contributed by atoms with Crippen LogP contribution in [0.3, 0.4) is 0 Å². The zero-order valence-electron chi connectivity index (χ0n) is 20.7. The number of hydrogen-bond donors (Lipinski definition) is 0. The lowest BCUT2D eigenvalue weighted by molar-refractivity contribution is 0.0801. The van der Waals surface area contributed by atoms with Crippen LogP contribution in [-0.4, -0.2) is 31.2 Å². The SMILES string of the molecule is CC1=C(c2ccc(F)cc2)C(c2ccc(CCCN3CC(CF)C3)cc2)Cc2ccc(CPI)cc21. The van der Waals surface area contributed by atoms with Gasteiger partial charge in [0, 0.05) is 24.9 Å². The molecule has 188 valence electrons. The molecule has 1 heterocycles. The van der Waals surface area contributed by atoms with Gasteiger partial charge in [0.05, 0.1) is 6.67 Å². The summed E-state index contributed by atoms with van der Waals surface area (Å²) in [4.78, 5) is 2.35. The highest BCUT2D eigenvalue weighted by atomic mass is 127. The number of benzene rings is 3. The highest BCUT2D eigenvalue weighted by molar-refractivity contribution is 14.2. The van der Waals surface area contributed by atoms with Gasteiger partial charge in [-0.2, -0.15) is 0 Å². The topological polar surface area (TPSA) is 3.24 Å². The Kier molecular flexibility index (Phi) is 8.55. The quantitative estimate of drug-likeness (QED) is 0.173. The van der Waals surface area contributed by atoms with Gasteiger partial charge >= 0.3 is 0 Å². The van der Waals surface area contributed by atoms with Crippen molar-refractivity contribution in [2.24, 2.45) is 5.92 Å². The zero-order valence-corrected chi connectivity index (χ0v) is 23.9. The molecule has 1 aliphatic carbocycles. The normalized spacial score (nSPS) is 18.6. The summed E-state index contributed by atoms with van der Waals surface area (Å²) >= 11 is 2.46. The molecule has 1 saturated heterocycles. The van der Waals surface area contributed by atoms with E-state index < -0.39 is 0 Å². The van der Waals surface area contributed by atoms with Crippen LogP contribution in [0.1, 0.15) is 52.6 Å². The monoisotopic (exact) mass is 615 g/mol. The number of alkyl halides is 1. The molecular formula is C31H33F2INP. The molecule has 0 amide bonds. The molecule has 0 radical (unpaired) electrons. The Morgan fingerprint density at radius 3 is 2.39 bits per heavy atom. The van der Waals surface area contributed by atoms with Gasteiger partial charge in [0.1, 0.15) is 5.82 Å². The van der Waals surface area contributed by atoms with E-state index in [2.05, 4.69) is 76.3 Å². The Labute approximate surface area is 228 Å². The highest BCUT2D eigenvalue weighted by Gasteiger charge is 2.28. The lowest BCUT2D eigenvalue weighted by atomic mass is 9.73. The van der Waals surface area contributed by atoms with E-state index in [0.717, 1.165) is 56.8 Å². The molecule has 3 aromatic carbocycles. The minimum absolute atomic E-state index is 0.183. The van der Waals surface area contributed by atoms with E-state index in [0.29, 0.717) is 0 Å². The van der Waals surface area contributed by atoms with Gasteiger partial charge in [0.15, 0.2) is 0 Å². The first-order chi connectivity index (χ1) is 17.6. The third kappa shape index (κ3) is 5.76. The predicted molar refractivity (Wildman–Crippen MR) is 158 cm³/mol. The first-order valence-corrected chi connectivity index (χ1v) is 17.2. The minimum atomic E-state index is -0.196. The zero-order chi connectivity index (χ0) is 25.1. The van der Waals surface area contributed by atoms with Crippen LogP contribution in [0.2, 0.25) is 0 Å². The van der Waals surface area contributed by atoms with Crippen molar-refractivity contribution >= 4 is 39.4 Å². The number of halogens is 3. The summed E-state index contributed by atoms with van der Waals surface area (Å²) in [6, 6.07) is 23.1. The molecule has 5 heteroatoms. The molecule has 1 nitrogen and oxygen atoms in total. The molecule has 36 heavy (non-hydrogen) atoms. The Balaban J connectivity index is 1.38. The smallest absolute Gasteiger partial charge is 0.123 e. The van der Waals surface area contributed by atoms with Crippen LogP contribution < -0.4 is 0 Å². The summed E-state index contributed by atoms with van der Waals surface area (Å²) in [5.74, 6) is 0.306. The molecule has 2 aliphatic rings. The summed E-state index contributed by atoms with van der Waals surface area (Å²) in [7, 11) is 0. The molecule has 5 rings (SSSR count). The summed E-state index contributed by atoms with van der Waals surface area (Å²) in [5.41, 5.74) is 10.5. The average molecular weight is 615 g/mol. The molecule has 0 aromatic heterocycles. The second-order valence-electron chi connectivity index (χ2n) is 10.2. The van der Waals surface area contributed by atoms with Crippen LogP contribution in [0.25, 0.3) is 11.1 Å². The van der Waals surface area contributed by atoms with Gasteiger partial charge in [0.25, 0.3) is 0 Å². The second-order valence-corrected chi connectivity index (χ2v) is 13.1. The van der Waals surface area contributed by atoms with Crippen LogP contribution in [0.5, 0.6) is 0 Å². The van der Waals surface area contributed by atoms with Gasteiger partial charge in [0.2, 0.25) is 0 Å². The summed E-state index contributed by atoms with van der Waals surface area (Å²) in [5, 5.41) is 0. The van der Waals surface area contributed by atoms with E-state index in [1.165, 1.54) is 39.0 Å². The number of fused-ring (bicyclic) bond motifs is 1. The largest absolute Gasteiger partial charge is 0.302 e. The Bertz CT molecular complexity index is 1220. The summed E-state index contributed by atoms with van der Waals surface area (Å²) in [6.45, 7) is 4.93. The van der Waals surface area contributed by atoms with Crippen molar-refractivity contribution in [2.45, 2.75) is 38.3 Å². The van der Waals surface area contributed by atoms with Crippen molar-refractivity contribution in [3.8, 4) is 0 Å². The van der Waals surface area contributed by atoms with E-state index in [-0.39, 0.29) is 24.3 Å². The molecule has 1 fully saturated rings. The van der Waals surface area contributed by atoms with Crippen molar-refractivity contribution in [3.05, 3.63) is 106 Å². The van der Waals surface area contributed by atoms with Crippen molar-refractivity contribution in [3.63, 3.8) is 0 Å². The molecule has 0 spiro atoms. The van der Waals surface area contributed by atoms with Gasteiger partial charge in [-0.25, -0.2) is 4.39 Å². The molecule has 1 aliphatic heterocycles. The Morgan fingerprint density at radius 1 is 0.972 bits per heavy atom. The number of hydrogen-bond acceptors (Lipinski definition) is 1. The van der Waals surface area contributed by atoms with Gasteiger partial charge in [-0.05, 0) is 95.6 Å². The average Bonchev–Trinajstić information content (AvgIpc) is 2.87. The summed E-state index contributed by atoms with van der Waals surface area (Å²) in [6.07, 6.45) is 5.08. The maximum Gasteiger partial charge on any atom is 0.123 e. The van der Waals surface area contributed by atoms with Crippen LogP contribution >= 0.6 is 28.3 Å². The number of nitrogens with zero attached hydrogens (tertiary/aromatic N) is 1. The van der Waals surface area contributed by atoms with E-state index in [9.17, 15) is 8.78 Å². The highest BCUT2D eigenvalue weighted by Crippen LogP contribution is 2.46. The van der Waals surface area contributed by atoms with Crippen LogP contribution in [0.4, 0.5) is 8.78 Å². The molecule has 0 bridgehead atoms. The molecular weight excluding hydrogens is 582 g/mol. The standard InChI is InChI=1S/C31H33F2INP/c1-21-29-15-23(20-36-34)6-9-27(29)16-30(31(21)26-10-12-28(33)13-11-26)25-7-4-22(5-8-25)3-2-14-35-18-24(17-32)19-35/h4-13,15,24,30,36H,2-3,14,16-20H2,1H3.